The number of para-hydroxylation sites is 1. The fraction of sp³-hybridized carbons (Fsp3) is 0.238. The molecule has 0 aromatic heterocycles. The summed E-state index contributed by atoms with van der Waals surface area (Å²) in [5, 5.41) is 8.97. The van der Waals surface area contributed by atoms with Gasteiger partial charge in [0.1, 0.15) is 0 Å². The monoisotopic (exact) mass is 413 g/mol. The van der Waals surface area contributed by atoms with Crippen LogP contribution in [0, 0.1) is 0 Å². The minimum absolute atomic E-state index is 0.281. The van der Waals surface area contributed by atoms with Gasteiger partial charge in [0.05, 0.1) is 21.9 Å². The number of amides is 1. The molecule has 152 valence electrons. The van der Waals surface area contributed by atoms with Gasteiger partial charge in [0, 0.05) is 11.4 Å². The molecule has 1 heterocycles. The molecular formula is C21H23N3O4S. The van der Waals surface area contributed by atoms with Crippen molar-refractivity contribution in [3.63, 3.8) is 0 Å². The molecule has 2 aromatic rings. The van der Waals surface area contributed by atoms with Crippen molar-refractivity contribution in [2.75, 3.05) is 10.3 Å². The van der Waals surface area contributed by atoms with E-state index in [0.29, 0.717) is 24.1 Å². The lowest BCUT2D eigenvalue weighted by Crippen LogP contribution is -2.24. The van der Waals surface area contributed by atoms with Crippen molar-refractivity contribution in [2.45, 2.75) is 38.0 Å². The number of carbonyl (C=O) groups is 1. The van der Waals surface area contributed by atoms with Crippen molar-refractivity contribution in [3.8, 4) is 0 Å². The third-order valence-corrected chi connectivity index (χ3v) is 5.34. The van der Waals surface area contributed by atoms with Crippen molar-refractivity contribution in [2.24, 2.45) is 5.10 Å². The lowest BCUT2D eigenvalue weighted by Gasteiger charge is -2.15. The van der Waals surface area contributed by atoms with E-state index in [0.717, 1.165) is 17.8 Å². The van der Waals surface area contributed by atoms with Crippen molar-refractivity contribution in [1.29, 1.82) is 0 Å². The molecule has 0 radical (unpaired) electrons. The molecule has 0 bridgehead atoms. The Hall–Kier alpha value is -2.97. The number of carbonyl (C=O) groups excluding carboxylic acids is 1. The quantitative estimate of drug-likeness (QED) is 0.523. The first-order valence-electron chi connectivity index (χ1n) is 9.40. The summed E-state index contributed by atoms with van der Waals surface area (Å²) in [7, 11) is -4.38. The molecule has 0 atom stereocenters. The first-order chi connectivity index (χ1) is 13.8. The van der Waals surface area contributed by atoms with Crippen molar-refractivity contribution in [3.05, 3.63) is 65.9 Å². The maximum Gasteiger partial charge on any atom is 0.294 e. The summed E-state index contributed by atoms with van der Waals surface area (Å²) in [5.74, 6) is -0.332. The maximum absolute atomic E-state index is 13.2. The summed E-state index contributed by atoms with van der Waals surface area (Å²) in [5.41, 5.74) is 3.04. The summed E-state index contributed by atoms with van der Waals surface area (Å²) in [6, 6.07) is 15.1. The lowest BCUT2D eigenvalue weighted by molar-refractivity contribution is -0.114. The van der Waals surface area contributed by atoms with E-state index in [2.05, 4.69) is 10.4 Å². The minimum atomic E-state index is -4.38. The van der Waals surface area contributed by atoms with E-state index >= 15 is 0 Å². The van der Waals surface area contributed by atoms with Gasteiger partial charge in [0.2, 0.25) is 0 Å². The van der Waals surface area contributed by atoms with E-state index < -0.39 is 10.1 Å². The molecule has 0 aliphatic carbocycles. The molecule has 29 heavy (non-hydrogen) atoms. The minimum Gasteiger partial charge on any atom is -0.358 e. The Morgan fingerprint density at radius 1 is 1.10 bits per heavy atom. The van der Waals surface area contributed by atoms with Gasteiger partial charge in [-0.05, 0) is 43.2 Å². The van der Waals surface area contributed by atoms with E-state index in [1.54, 1.807) is 6.07 Å². The van der Waals surface area contributed by atoms with Crippen LogP contribution < -0.4 is 10.3 Å². The van der Waals surface area contributed by atoms with Crippen LogP contribution in [-0.2, 0) is 14.9 Å². The number of hydrogen-bond acceptors (Lipinski definition) is 5. The zero-order valence-corrected chi connectivity index (χ0v) is 17.1. The number of nitrogens with zero attached hydrogens (tertiary/aromatic N) is 2. The Balaban J connectivity index is 2.04. The highest BCUT2D eigenvalue weighted by Crippen LogP contribution is 2.30. The first kappa shape index (κ1) is 20.8. The lowest BCUT2D eigenvalue weighted by atomic mass is 10.0. The Labute approximate surface area is 170 Å². The molecule has 7 nitrogen and oxygen atoms in total. The van der Waals surface area contributed by atoms with Crippen molar-refractivity contribution < 1.29 is 17.8 Å². The van der Waals surface area contributed by atoms with E-state index in [1.807, 2.05) is 44.2 Å². The normalized spacial score (nSPS) is 16.0. The van der Waals surface area contributed by atoms with Crippen LogP contribution in [0.5, 0.6) is 0 Å². The number of hydrazone groups is 1. The highest BCUT2D eigenvalue weighted by molar-refractivity contribution is 7.85. The largest absolute Gasteiger partial charge is 0.358 e. The summed E-state index contributed by atoms with van der Waals surface area (Å²) >= 11 is 0. The molecule has 0 spiro atoms. The molecule has 1 amide bonds. The molecule has 1 aliphatic rings. The van der Waals surface area contributed by atoms with Crippen LogP contribution in [0.3, 0.4) is 0 Å². The second-order valence-corrected chi connectivity index (χ2v) is 8.01. The summed E-state index contributed by atoms with van der Waals surface area (Å²) in [6.07, 6.45) is 2.00. The Morgan fingerprint density at radius 2 is 1.83 bits per heavy atom. The van der Waals surface area contributed by atoms with E-state index in [1.165, 1.54) is 23.2 Å². The number of nitrogens with one attached hydrogen (secondary N) is 1. The van der Waals surface area contributed by atoms with Crippen LogP contribution in [0.4, 0.5) is 11.4 Å². The van der Waals surface area contributed by atoms with Crippen LogP contribution >= 0.6 is 0 Å². The molecule has 0 unspecified atom stereocenters. The molecule has 8 heteroatoms. The highest BCUT2D eigenvalue weighted by atomic mass is 32.2. The number of benzene rings is 2. The number of hydrogen-bond donors (Lipinski definition) is 2. The molecule has 3 rings (SSSR count). The smallest absolute Gasteiger partial charge is 0.294 e. The van der Waals surface area contributed by atoms with E-state index in [4.69, 9.17) is 0 Å². The molecule has 0 saturated heterocycles. The van der Waals surface area contributed by atoms with Gasteiger partial charge in [-0.25, -0.2) is 0 Å². The van der Waals surface area contributed by atoms with Crippen molar-refractivity contribution in [1.82, 2.24) is 0 Å². The second-order valence-electron chi connectivity index (χ2n) is 6.58. The van der Waals surface area contributed by atoms with Crippen LogP contribution in [0.2, 0.25) is 0 Å². The van der Waals surface area contributed by atoms with Gasteiger partial charge in [-0.1, -0.05) is 44.5 Å². The average Bonchev–Trinajstić information content (AvgIpc) is 3.03. The van der Waals surface area contributed by atoms with E-state index in [-0.39, 0.29) is 16.5 Å². The average molecular weight is 413 g/mol. The van der Waals surface area contributed by atoms with E-state index in [9.17, 15) is 17.8 Å². The molecule has 0 saturated carbocycles. The second kappa shape index (κ2) is 8.59. The highest BCUT2D eigenvalue weighted by Gasteiger charge is 2.33. The van der Waals surface area contributed by atoms with Crippen LogP contribution in [0.1, 0.15) is 33.1 Å². The number of allylic oxidation sites excluding steroid dienone is 1. The van der Waals surface area contributed by atoms with Crippen LogP contribution in [0.25, 0.3) is 0 Å². The first-order valence-corrected chi connectivity index (χ1v) is 10.8. The fourth-order valence-corrected chi connectivity index (χ4v) is 3.65. The van der Waals surface area contributed by atoms with Gasteiger partial charge >= 0.3 is 0 Å². The topological polar surface area (TPSA) is 99.1 Å². The number of rotatable bonds is 7. The predicted octanol–water partition coefficient (Wildman–Crippen LogP) is 4.21. The SMILES string of the molecule is CCCC1=NN(c2cccc(S(=O)(=O)O)c2)C(=O)C1=C(CC)Nc1ccccc1. The molecular weight excluding hydrogens is 390 g/mol. The predicted molar refractivity (Wildman–Crippen MR) is 113 cm³/mol. The molecule has 0 fully saturated rings. The summed E-state index contributed by atoms with van der Waals surface area (Å²) < 4.78 is 32.2. The molecule has 2 N–H and O–H groups in total. The number of anilines is 2. The summed E-state index contributed by atoms with van der Waals surface area (Å²) in [4.78, 5) is 13.0. The van der Waals surface area contributed by atoms with Gasteiger partial charge in [-0.15, -0.1) is 0 Å². The van der Waals surface area contributed by atoms with Gasteiger partial charge < -0.3 is 5.32 Å². The third-order valence-electron chi connectivity index (χ3n) is 4.49. The van der Waals surface area contributed by atoms with Crippen LogP contribution in [-0.4, -0.2) is 24.6 Å². The Morgan fingerprint density at radius 3 is 2.45 bits per heavy atom. The Bertz CT molecular complexity index is 1080. The fourth-order valence-electron chi connectivity index (χ4n) is 3.13. The van der Waals surface area contributed by atoms with Gasteiger partial charge in [-0.2, -0.15) is 18.5 Å². The van der Waals surface area contributed by atoms with Gasteiger partial charge in [0.15, 0.2) is 0 Å². The Kier molecular flexibility index (Phi) is 6.14. The zero-order chi connectivity index (χ0) is 21.0. The zero-order valence-electron chi connectivity index (χ0n) is 16.3. The van der Waals surface area contributed by atoms with Gasteiger partial charge in [-0.3, -0.25) is 9.35 Å². The standard InChI is InChI=1S/C21H23N3O4S/c1-3-9-19-20(18(4-2)22-15-10-6-5-7-11-15)21(25)24(23-19)16-12-8-13-17(14-16)29(26,27)28/h5-8,10-14,22H,3-4,9H2,1-2H3,(H,26,27,28). The molecule has 2 aromatic carbocycles. The third kappa shape index (κ3) is 4.55. The maximum atomic E-state index is 13.2. The van der Waals surface area contributed by atoms with Crippen LogP contribution in [0.15, 0.2) is 75.9 Å². The van der Waals surface area contributed by atoms with Gasteiger partial charge in [0.25, 0.3) is 16.0 Å². The molecule has 1 aliphatic heterocycles. The van der Waals surface area contributed by atoms with Crippen molar-refractivity contribution >= 4 is 33.1 Å². The summed E-state index contributed by atoms with van der Waals surface area (Å²) in [6.45, 7) is 3.96.